The van der Waals surface area contributed by atoms with E-state index in [0.29, 0.717) is 13.1 Å². The van der Waals surface area contributed by atoms with Crippen molar-refractivity contribution in [2.45, 2.75) is 5.03 Å². The first-order valence-corrected chi connectivity index (χ1v) is 6.61. The number of sulfonamides is 1. The van der Waals surface area contributed by atoms with Crippen LogP contribution in [0.2, 0.25) is 0 Å². The van der Waals surface area contributed by atoms with Crippen LogP contribution in [0.15, 0.2) is 40.5 Å². The third kappa shape index (κ3) is 1.78. The van der Waals surface area contributed by atoms with Crippen molar-refractivity contribution in [1.82, 2.24) is 14.6 Å². The Balaban J connectivity index is 2.01. The first-order valence-electron chi connectivity index (χ1n) is 7.17. The highest BCUT2D eigenvalue weighted by atomic mass is 32.2. The van der Waals surface area contributed by atoms with E-state index in [1.165, 1.54) is 4.31 Å². The minimum absolute atomic E-state index is 0.245. The summed E-state index contributed by atoms with van der Waals surface area (Å²) in [4.78, 5) is 3.55. The summed E-state index contributed by atoms with van der Waals surface area (Å²) in [6, 6.07) is -1.75. The Morgan fingerprint density at radius 2 is 2.00 bits per heavy atom. The predicted octanol–water partition coefficient (Wildman–Crippen LogP) is -0.0143. The lowest BCUT2D eigenvalue weighted by molar-refractivity contribution is 0.470. The van der Waals surface area contributed by atoms with Crippen molar-refractivity contribution in [2.75, 3.05) is 26.2 Å². The van der Waals surface area contributed by atoms with Gasteiger partial charge in [0.05, 0.1) is 5.48 Å². The van der Waals surface area contributed by atoms with Gasteiger partial charge in [-0.3, -0.25) is 0 Å². The van der Waals surface area contributed by atoms with Crippen molar-refractivity contribution in [3.8, 4) is 0 Å². The van der Waals surface area contributed by atoms with Gasteiger partial charge in [-0.05, 0) is 23.2 Å². The Morgan fingerprint density at radius 1 is 1.29 bits per heavy atom. The monoisotopic (exact) mass is 255 g/mol. The van der Waals surface area contributed by atoms with E-state index in [4.69, 9.17) is 5.48 Å². The Hall–Kier alpha value is -1.24. The number of aromatic nitrogens is 1. The Morgan fingerprint density at radius 3 is 2.71 bits per heavy atom. The van der Waals surface area contributed by atoms with E-state index in [0.717, 1.165) is 11.1 Å². The van der Waals surface area contributed by atoms with Gasteiger partial charge >= 0.3 is 0 Å². The van der Waals surface area contributed by atoms with E-state index in [-0.39, 0.29) is 13.1 Å². The molecule has 0 aromatic carbocycles. The third-order valence-electron chi connectivity index (χ3n) is 2.94. The minimum Gasteiger partial charge on any atom is -0.309 e. The van der Waals surface area contributed by atoms with Gasteiger partial charge in [-0.2, -0.15) is 4.31 Å². The van der Waals surface area contributed by atoms with Crippen LogP contribution in [0.3, 0.4) is 0 Å². The lowest BCUT2D eigenvalue weighted by atomic mass is 10.2. The van der Waals surface area contributed by atoms with Gasteiger partial charge < -0.3 is 5.32 Å². The fourth-order valence-electron chi connectivity index (χ4n) is 2.07. The smallest absolute Gasteiger partial charge is 0.261 e. The summed E-state index contributed by atoms with van der Waals surface area (Å²) >= 11 is 0. The van der Waals surface area contributed by atoms with Crippen LogP contribution in [0.1, 0.15) is 5.48 Å². The van der Waals surface area contributed by atoms with Crippen LogP contribution in [0.5, 0.6) is 0 Å². The summed E-state index contributed by atoms with van der Waals surface area (Å²) in [5.74, 6) is 0. The molecule has 0 bridgehead atoms. The largest absolute Gasteiger partial charge is 0.309 e. The summed E-state index contributed by atoms with van der Waals surface area (Å²) in [6.07, 6.45) is -0.601. The molecule has 1 N–H and O–H groups in total. The molecule has 3 rings (SSSR count). The molecule has 0 spiro atoms. The maximum Gasteiger partial charge on any atom is 0.261 e. The zero-order valence-electron chi connectivity index (χ0n) is 12.9. The standard InChI is InChI=1S/C11H13N3O2S/c15-17(16,11-3-1-2-4-13-11)14-7-9-5-12-6-10(9)8-14/h1-4,12H,5-8H2/i1D,2D,3D,4D. The first kappa shape index (κ1) is 7.25. The molecular formula is C11H13N3O2S. The quantitative estimate of drug-likeness (QED) is 0.755. The van der Waals surface area contributed by atoms with E-state index in [9.17, 15) is 8.42 Å². The molecule has 5 nitrogen and oxygen atoms in total. The zero-order chi connectivity index (χ0) is 15.4. The molecule has 0 atom stereocenters. The molecule has 0 fully saturated rings. The highest BCUT2D eigenvalue weighted by molar-refractivity contribution is 7.89. The molecule has 2 aliphatic rings. The molecule has 0 radical (unpaired) electrons. The summed E-state index contributed by atoms with van der Waals surface area (Å²) in [5.41, 5.74) is 2.05. The fourth-order valence-corrected chi connectivity index (χ4v) is 3.30. The topological polar surface area (TPSA) is 62.3 Å². The SMILES string of the molecule is [2H]c1nc(S(=O)(=O)N2CC3=C(CNC3)C2)c([2H])c([2H])c1[2H]. The van der Waals surface area contributed by atoms with Crippen LogP contribution in [0, 0.1) is 0 Å². The second-order valence-corrected chi connectivity index (χ2v) is 5.84. The van der Waals surface area contributed by atoms with E-state index >= 15 is 0 Å². The van der Waals surface area contributed by atoms with Gasteiger partial charge in [0.2, 0.25) is 0 Å². The molecule has 90 valence electrons. The van der Waals surface area contributed by atoms with Crippen molar-refractivity contribution >= 4 is 10.0 Å². The molecule has 0 aliphatic carbocycles. The van der Waals surface area contributed by atoms with Gasteiger partial charge in [-0.1, -0.05) is 6.04 Å². The van der Waals surface area contributed by atoms with Crippen molar-refractivity contribution < 1.29 is 13.9 Å². The third-order valence-corrected chi connectivity index (χ3v) is 4.56. The van der Waals surface area contributed by atoms with Crippen LogP contribution in [0.25, 0.3) is 0 Å². The van der Waals surface area contributed by atoms with Crippen LogP contribution in [-0.2, 0) is 10.0 Å². The molecule has 1 aromatic heterocycles. The van der Waals surface area contributed by atoms with Crippen LogP contribution in [-0.4, -0.2) is 43.9 Å². The lowest BCUT2D eigenvalue weighted by Crippen LogP contribution is -2.33. The highest BCUT2D eigenvalue weighted by Gasteiger charge is 2.34. The number of pyridine rings is 1. The molecule has 6 heteroatoms. The van der Waals surface area contributed by atoms with E-state index in [1.807, 2.05) is 0 Å². The van der Waals surface area contributed by atoms with Crippen LogP contribution in [0.4, 0.5) is 0 Å². The molecule has 2 aliphatic heterocycles. The summed E-state index contributed by atoms with van der Waals surface area (Å²) < 4.78 is 56.5. The molecule has 0 saturated heterocycles. The lowest BCUT2D eigenvalue weighted by Gasteiger charge is -2.17. The molecule has 0 unspecified atom stereocenters. The van der Waals surface area contributed by atoms with Gasteiger partial charge in [0.15, 0.2) is 5.03 Å². The zero-order valence-corrected chi connectivity index (χ0v) is 9.76. The van der Waals surface area contributed by atoms with Crippen molar-refractivity contribution in [1.29, 1.82) is 0 Å². The van der Waals surface area contributed by atoms with Gasteiger partial charge in [-0.15, -0.1) is 0 Å². The van der Waals surface area contributed by atoms with E-state index in [1.54, 1.807) is 0 Å². The van der Waals surface area contributed by atoms with E-state index < -0.39 is 39.3 Å². The van der Waals surface area contributed by atoms with Crippen LogP contribution >= 0.6 is 0 Å². The average Bonchev–Trinajstić information content (AvgIpc) is 3.01. The summed E-state index contributed by atoms with van der Waals surface area (Å²) in [6.45, 7) is 1.80. The number of rotatable bonds is 2. The van der Waals surface area contributed by atoms with Gasteiger partial charge in [-0.25, -0.2) is 13.4 Å². The predicted molar refractivity (Wildman–Crippen MR) is 62.9 cm³/mol. The molecular weight excluding hydrogens is 238 g/mol. The van der Waals surface area contributed by atoms with E-state index in [2.05, 4.69) is 10.3 Å². The van der Waals surface area contributed by atoms with Crippen molar-refractivity contribution in [2.24, 2.45) is 0 Å². The average molecular weight is 255 g/mol. The van der Waals surface area contributed by atoms with Crippen molar-refractivity contribution in [3.63, 3.8) is 0 Å². The molecule has 17 heavy (non-hydrogen) atoms. The number of hydrogen-bond donors (Lipinski definition) is 1. The van der Waals surface area contributed by atoms with Gasteiger partial charge in [0, 0.05) is 32.4 Å². The Labute approximate surface area is 106 Å². The number of nitrogens with one attached hydrogen (secondary N) is 1. The molecule has 0 saturated carbocycles. The molecule has 0 amide bonds. The van der Waals surface area contributed by atoms with Crippen molar-refractivity contribution in [3.05, 3.63) is 35.4 Å². The number of hydrogen-bond acceptors (Lipinski definition) is 4. The van der Waals surface area contributed by atoms with Gasteiger partial charge in [0.25, 0.3) is 10.0 Å². The maximum atomic E-state index is 12.6. The summed E-state index contributed by atoms with van der Waals surface area (Å²) in [5, 5.41) is 2.53. The Bertz CT molecular complexity index is 747. The normalized spacial score (nSPS) is 24.2. The fraction of sp³-hybridized carbons (Fsp3) is 0.364. The number of nitrogens with zero attached hydrogens (tertiary/aromatic N) is 2. The van der Waals surface area contributed by atoms with Gasteiger partial charge in [0.1, 0.15) is 0 Å². The van der Waals surface area contributed by atoms with Crippen LogP contribution < -0.4 is 5.32 Å². The second kappa shape index (κ2) is 3.90. The minimum atomic E-state index is -4.03. The molecule has 3 heterocycles. The Kier molecular flexibility index (Phi) is 1.66. The maximum absolute atomic E-state index is 12.6. The second-order valence-electron chi connectivity index (χ2n) is 3.99. The highest BCUT2D eigenvalue weighted by Crippen LogP contribution is 2.25. The molecule has 1 aromatic rings. The first-order chi connectivity index (χ1) is 9.82. The summed E-state index contributed by atoms with van der Waals surface area (Å²) in [7, 11) is -4.03.